The van der Waals surface area contributed by atoms with Gasteiger partial charge in [0.25, 0.3) is 0 Å². The molecule has 1 amide bonds. The molecule has 2 aliphatic rings. The summed E-state index contributed by atoms with van der Waals surface area (Å²) in [4.78, 5) is 14.6. The van der Waals surface area contributed by atoms with Crippen LogP contribution in [-0.4, -0.2) is 36.5 Å². The van der Waals surface area contributed by atoms with Crippen molar-refractivity contribution in [2.24, 2.45) is 5.92 Å². The lowest BCUT2D eigenvalue weighted by Crippen LogP contribution is -2.55. The minimum atomic E-state index is 0. The van der Waals surface area contributed by atoms with Crippen LogP contribution in [0.4, 0.5) is 0 Å². The van der Waals surface area contributed by atoms with E-state index in [2.05, 4.69) is 34.5 Å². The van der Waals surface area contributed by atoms with Gasteiger partial charge in [-0.05, 0) is 31.2 Å². The third-order valence-electron chi connectivity index (χ3n) is 4.36. The maximum Gasteiger partial charge on any atom is 0.228 e. The van der Waals surface area contributed by atoms with Crippen LogP contribution >= 0.6 is 12.4 Å². The second-order valence-electron chi connectivity index (χ2n) is 5.73. The lowest BCUT2D eigenvalue weighted by Gasteiger charge is -2.40. The maximum absolute atomic E-state index is 12.5. The number of nitrogens with zero attached hydrogens (tertiary/aromatic N) is 1. The van der Waals surface area contributed by atoms with Gasteiger partial charge in [-0.15, -0.1) is 12.4 Å². The van der Waals surface area contributed by atoms with E-state index in [0.29, 0.717) is 11.9 Å². The summed E-state index contributed by atoms with van der Waals surface area (Å²) >= 11 is 0. The Morgan fingerprint density at radius 2 is 1.95 bits per heavy atom. The van der Waals surface area contributed by atoms with Crippen LogP contribution < -0.4 is 5.32 Å². The van der Waals surface area contributed by atoms with Gasteiger partial charge in [0.15, 0.2) is 0 Å². The molecule has 2 heterocycles. The summed E-state index contributed by atoms with van der Waals surface area (Å²) in [5.74, 6) is 0.607. The molecule has 1 atom stereocenters. The van der Waals surface area contributed by atoms with Crippen LogP contribution in [0.15, 0.2) is 30.3 Å². The Labute approximate surface area is 127 Å². The minimum Gasteiger partial charge on any atom is -0.339 e. The van der Waals surface area contributed by atoms with E-state index in [4.69, 9.17) is 0 Å². The van der Waals surface area contributed by atoms with Gasteiger partial charge in [0.1, 0.15) is 0 Å². The molecule has 1 aromatic rings. The Balaban J connectivity index is 0.00000147. The van der Waals surface area contributed by atoms with E-state index in [1.807, 2.05) is 6.07 Å². The first-order valence-corrected chi connectivity index (χ1v) is 7.40. The van der Waals surface area contributed by atoms with E-state index in [-0.39, 0.29) is 18.3 Å². The summed E-state index contributed by atoms with van der Waals surface area (Å²) in [6, 6.07) is 11.0. The van der Waals surface area contributed by atoms with E-state index < -0.39 is 0 Å². The number of nitrogens with one attached hydrogen (secondary N) is 1. The van der Waals surface area contributed by atoms with Crippen LogP contribution in [0.2, 0.25) is 0 Å². The summed E-state index contributed by atoms with van der Waals surface area (Å²) in [6.07, 6.45) is 4.58. The van der Waals surface area contributed by atoms with Gasteiger partial charge in [-0.3, -0.25) is 4.79 Å². The number of piperidine rings is 1. The van der Waals surface area contributed by atoms with Crippen molar-refractivity contribution in [1.82, 2.24) is 10.2 Å². The standard InChI is InChI=1S/C16H22N2O.ClH/c19-16(14-11-17-12-14)18-9-5-4-8-15(18)10-13-6-2-1-3-7-13;/h1-3,6-7,14-15,17H,4-5,8-12H2;1H. The Morgan fingerprint density at radius 1 is 1.20 bits per heavy atom. The molecular weight excluding hydrogens is 272 g/mol. The first-order valence-electron chi connectivity index (χ1n) is 7.40. The van der Waals surface area contributed by atoms with Gasteiger partial charge in [-0.2, -0.15) is 0 Å². The quantitative estimate of drug-likeness (QED) is 0.927. The zero-order valence-electron chi connectivity index (χ0n) is 11.8. The highest BCUT2D eigenvalue weighted by Crippen LogP contribution is 2.23. The van der Waals surface area contributed by atoms with E-state index in [9.17, 15) is 4.79 Å². The van der Waals surface area contributed by atoms with E-state index >= 15 is 0 Å². The number of rotatable bonds is 3. The van der Waals surface area contributed by atoms with E-state index in [1.165, 1.54) is 12.0 Å². The Hall–Kier alpha value is -1.06. The van der Waals surface area contributed by atoms with Gasteiger partial charge in [0.05, 0.1) is 5.92 Å². The van der Waals surface area contributed by atoms with Crippen molar-refractivity contribution in [2.75, 3.05) is 19.6 Å². The fourth-order valence-corrected chi connectivity index (χ4v) is 3.09. The van der Waals surface area contributed by atoms with E-state index in [1.54, 1.807) is 0 Å². The number of hydrogen-bond acceptors (Lipinski definition) is 2. The third-order valence-corrected chi connectivity index (χ3v) is 4.36. The van der Waals surface area contributed by atoms with Gasteiger partial charge >= 0.3 is 0 Å². The number of carbonyl (C=O) groups excluding carboxylic acids is 1. The number of likely N-dealkylation sites (tertiary alicyclic amines) is 1. The third kappa shape index (κ3) is 3.33. The number of halogens is 1. The second-order valence-corrected chi connectivity index (χ2v) is 5.73. The number of amides is 1. The van der Waals surface area contributed by atoms with Gasteiger partial charge in [-0.25, -0.2) is 0 Å². The number of benzene rings is 1. The average molecular weight is 295 g/mol. The van der Waals surface area contributed by atoms with Gasteiger partial charge < -0.3 is 10.2 Å². The second kappa shape index (κ2) is 7.09. The molecule has 20 heavy (non-hydrogen) atoms. The summed E-state index contributed by atoms with van der Waals surface area (Å²) < 4.78 is 0. The van der Waals surface area contributed by atoms with Crippen LogP contribution in [0.3, 0.4) is 0 Å². The van der Waals surface area contributed by atoms with Gasteiger partial charge in [0, 0.05) is 25.7 Å². The fraction of sp³-hybridized carbons (Fsp3) is 0.562. The molecular formula is C16H23ClN2O. The van der Waals surface area contributed by atoms with Crippen molar-refractivity contribution in [3.63, 3.8) is 0 Å². The smallest absolute Gasteiger partial charge is 0.228 e. The van der Waals surface area contributed by atoms with Gasteiger partial charge in [-0.1, -0.05) is 30.3 Å². The normalized spacial score (nSPS) is 22.8. The highest BCUT2D eigenvalue weighted by atomic mass is 35.5. The Morgan fingerprint density at radius 3 is 2.60 bits per heavy atom. The van der Waals surface area contributed by atoms with Crippen LogP contribution in [-0.2, 0) is 11.2 Å². The van der Waals surface area contributed by atoms with Crippen molar-refractivity contribution in [2.45, 2.75) is 31.7 Å². The van der Waals surface area contributed by atoms with Crippen LogP contribution in [0, 0.1) is 5.92 Å². The topological polar surface area (TPSA) is 32.3 Å². The molecule has 1 N–H and O–H groups in total. The molecule has 0 aliphatic carbocycles. The van der Waals surface area contributed by atoms with Gasteiger partial charge in [0.2, 0.25) is 5.91 Å². The Bertz CT molecular complexity index is 433. The molecule has 2 fully saturated rings. The molecule has 3 rings (SSSR count). The molecule has 2 aliphatic heterocycles. The molecule has 0 radical (unpaired) electrons. The average Bonchev–Trinajstić information content (AvgIpc) is 2.38. The molecule has 1 aromatic carbocycles. The highest BCUT2D eigenvalue weighted by Gasteiger charge is 2.34. The number of hydrogen-bond donors (Lipinski definition) is 1. The summed E-state index contributed by atoms with van der Waals surface area (Å²) in [7, 11) is 0. The van der Waals surface area contributed by atoms with Crippen LogP contribution in [0.25, 0.3) is 0 Å². The largest absolute Gasteiger partial charge is 0.339 e. The van der Waals surface area contributed by atoms with Crippen molar-refractivity contribution >= 4 is 18.3 Å². The lowest BCUT2D eigenvalue weighted by atomic mass is 9.92. The summed E-state index contributed by atoms with van der Waals surface area (Å²) in [5.41, 5.74) is 1.35. The molecule has 0 aromatic heterocycles. The zero-order valence-corrected chi connectivity index (χ0v) is 12.6. The molecule has 2 saturated heterocycles. The monoisotopic (exact) mass is 294 g/mol. The lowest BCUT2D eigenvalue weighted by molar-refractivity contribution is -0.140. The predicted octanol–water partition coefficient (Wildman–Crippen LogP) is 2.25. The fourth-order valence-electron chi connectivity index (χ4n) is 3.09. The van der Waals surface area contributed by atoms with Crippen molar-refractivity contribution in [3.05, 3.63) is 35.9 Å². The predicted molar refractivity (Wildman–Crippen MR) is 83.1 cm³/mol. The molecule has 0 bridgehead atoms. The molecule has 4 heteroatoms. The van der Waals surface area contributed by atoms with Crippen molar-refractivity contribution < 1.29 is 4.79 Å². The zero-order chi connectivity index (χ0) is 13.1. The Kier molecular flexibility index (Phi) is 5.44. The molecule has 0 saturated carbocycles. The number of carbonyl (C=O) groups is 1. The SMILES string of the molecule is Cl.O=C(C1CNC1)N1CCCCC1Cc1ccccc1. The maximum atomic E-state index is 12.5. The molecule has 3 nitrogen and oxygen atoms in total. The first-order chi connectivity index (χ1) is 9.34. The van der Waals surface area contributed by atoms with Crippen molar-refractivity contribution in [1.29, 1.82) is 0 Å². The molecule has 110 valence electrons. The van der Waals surface area contributed by atoms with Crippen LogP contribution in [0.5, 0.6) is 0 Å². The summed E-state index contributed by atoms with van der Waals surface area (Å²) in [5, 5.41) is 3.20. The van der Waals surface area contributed by atoms with E-state index in [0.717, 1.165) is 38.9 Å². The highest BCUT2D eigenvalue weighted by molar-refractivity contribution is 5.85. The summed E-state index contributed by atoms with van der Waals surface area (Å²) in [6.45, 7) is 2.69. The van der Waals surface area contributed by atoms with Crippen molar-refractivity contribution in [3.8, 4) is 0 Å². The molecule has 1 unspecified atom stereocenters. The minimum absolute atomic E-state index is 0. The van der Waals surface area contributed by atoms with Crippen LogP contribution in [0.1, 0.15) is 24.8 Å². The molecule has 0 spiro atoms. The first kappa shape index (κ1) is 15.3.